The van der Waals surface area contributed by atoms with Crippen molar-refractivity contribution in [1.82, 2.24) is 4.90 Å². The Morgan fingerprint density at radius 1 is 1.21 bits per heavy atom. The molecule has 0 saturated carbocycles. The normalized spacial score (nSPS) is 10.0. The molecule has 0 radical (unpaired) electrons. The number of aryl methyl sites for hydroxylation is 2. The van der Waals surface area contributed by atoms with Crippen molar-refractivity contribution in [3.8, 4) is 0 Å². The van der Waals surface area contributed by atoms with E-state index in [2.05, 4.69) is 50.6 Å². The standard InChI is InChI=1S/C13H19N/c1-10(2)14(5)9-13-7-11(3)6-12(4)8-13/h6-8H,1,9H2,2-5H3. The summed E-state index contributed by atoms with van der Waals surface area (Å²) in [6.45, 7) is 11.2. The smallest absolute Gasteiger partial charge is 0.0423 e. The van der Waals surface area contributed by atoms with Gasteiger partial charge in [0.2, 0.25) is 0 Å². The molecule has 0 aliphatic carbocycles. The van der Waals surface area contributed by atoms with E-state index in [9.17, 15) is 0 Å². The highest BCUT2D eigenvalue weighted by Gasteiger charge is 2.00. The number of hydrogen-bond donors (Lipinski definition) is 0. The Hall–Kier alpha value is -1.24. The lowest BCUT2D eigenvalue weighted by atomic mass is 10.1. The van der Waals surface area contributed by atoms with Gasteiger partial charge in [0.05, 0.1) is 0 Å². The Morgan fingerprint density at radius 2 is 1.71 bits per heavy atom. The van der Waals surface area contributed by atoms with Crippen LogP contribution in [0.25, 0.3) is 0 Å². The molecule has 0 aliphatic heterocycles. The molecule has 0 spiro atoms. The second-order valence-corrected chi connectivity index (χ2v) is 4.09. The average Bonchev–Trinajstić information content (AvgIpc) is 2.01. The summed E-state index contributed by atoms with van der Waals surface area (Å²) in [4.78, 5) is 2.16. The van der Waals surface area contributed by atoms with Crippen LogP contribution in [-0.4, -0.2) is 11.9 Å². The summed E-state index contributed by atoms with van der Waals surface area (Å²) in [7, 11) is 2.07. The van der Waals surface area contributed by atoms with Gasteiger partial charge in [-0.3, -0.25) is 0 Å². The first-order valence-corrected chi connectivity index (χ1v) is 4.93. The van der Waals surface area contributed by atoms with Gasteiger partial charge in [-0.15, -0.1) is 0 Å². The third kappa shape index (κ3) is 2.91. The number of benzene rings is 1. The van der Waals surface area contributed by atoms with Crippen molar-refractivity contribution in [2.45, 2.75) is 27.3 Å². The maximum atomic E-state index is 3.92. The zero-order valence-corrected chi connectivity index (χ0v) is 9.59. The van der Waals surface area contributed by atoms with E-state index in [4.69, 9.17) is 0 Å². The first-order chi connectivity index (χ1) is 6.49. The second-order valence-electron chi connectivity index (χ2n) is 4.09. The van der Waals surface area contributed by atoms with Crippen molar-refractivity contribution in [2.75, 3.05) is 7.05 Å². The zero-order chi connectivity index (χ0) is 10.7. The van der Waals surface area contributed by atoms with Crippen LogP contribution < -0.4 is 0 Å². The van der Waals surface area contributed by atoms with Gasteiger partial charge in [-0.05, 0) is 26.3 Å². The van der Waals surface area contributed by atoms with Gasteiger partial charge < -0.3 is 4.90 Å². The van der Waals surface area contributed by atoms with Crippen molar-refractivity contribution >= 4 is 0 Å². The molecule has 1 aromatic carbocycles. The van der Waals surface area contributed by atoms with Crippen LogP contribution in [0, 0.1) is 13.8 Å². The minimum atomic E-state index is 0.942. The fourth-order valence-electron chi connectivity index (χ4n) is 1.57. The van der Waals surface area contributed by atoms with Gasteiger partial charge in [0.15, 0.2) is 0 Å². The number of hydrogen-bond acceptors (Lipinski definition) is 1. The highest BCUT2D eigenvalue weighted by atomic mass is 15.1. The number of rotatable bonds is 3. The fraction of sp³-hybridized carbons (Fsp3) is 0.385. The van der Waals surface area contributed by atoms with Gasteiger partial charge >= 0.3 is 0 Å². The molecule has 0 heterocycles. The third-order valence-electron chi connectivity index (χ3n) is 2.35. The number of allylic oxidation sites excluding steroid dienone is 1. The first-order valence-electron chi connectivity index (χ1n) is 4.93. The molecule has 1 aromatic rings. The van der Waals surface area contributed by atoms with E-state index < -0.39 is 0 Å². The van der Waals surface area contributed by atoms with Crippen LogP contribution in [0.15, 0.2) is 30.5 Å². The van der Waals surface area contributed by atoms with E-state index in [-0.39, 0.29) is 0 Å². The molecule has 0 fully saturated rings. The van der Waals surface area contributed by atoms with E-state index in [1.54, 1.807) is 0 Å². The van der Waals surface area contributed by atoms with Crippen LogP contribution in [0.3, 0.4) is 0 Å². The summed E-state index contributed by atoms with van der Waals surface area (Å²) >= 11 is 0. The Kier molecular flexibility index (Phi) is 3.34. The molecule has 0 bridgehead atoms. The molecular formula is C13H19N. The van der Waals surface area contributed by atoms with Crippen LogP contribution in [0.1, 0.15) is 23.6 Å². The topological polar surface area (TPSA) is 3.24 Å². The Bertz CT molecular complexity index is 319. The molecule has 0 unspecified atom stereocenters. The summed E-state index contributed by atoms with van der Waals surface area (Å²) < 4.78 is 0. The maximum Gasteiger partial charge on any atom is 0.0423 e. The molecule has 0 aromatic heterocycles. The molecule has 0 aliphatic rings. The highest BCUT2D eigenvalue weighted by Crippen LogP contribution is 2.12. The molecule has 1 rings (SSSR count). The molecule has 0 N–H and O–H groups in total. The summed E-state index contributed by atoms with van der Waals surface area (Å²) in [5.41, 5.74) is 5.11. The summed E-state index contributed by atoms with van der Waals surface area (Å²) in [5.74, 6) is 0. The third-order valence-corrected chi connectivity index (χ3v) is 2.35. The number of nitrogens with zero attached hydrogens (tertiary/aromatic N) is 1. The molecule has 1 nitrogen and oxygen atoms in total. The van der Waals surface area contributed by atoms with Crippen LogP contribution >= 0.6 is 0 Å². The summed E-state index contributed by atoms with van der Waals surface area (Å²) in [6.07, 6.45) is 0. The largest absolute Gasteiger partial charge is 0.374 e. The van der Waals surface area contributed by atoms with Crippen LogP contribution in [-0.2, 0) is 6.54 Å². The monoisotopic (exact) mass is 189 g/mol. The van der Waals surface area contributed by atoms with Crippen LogP contribution in [0.4, 0.5) is 0 Å². The van der Waals surface area contributed by atoms with Crippen molar-refractivity contribution in [1.29, 1.82) is 0 Å². The molecule has 14 heavy (non-hydrogen) atoms. The van der Waals surface area contributed by atoms with Crippen molar-refractivity contribution in [3.05, 3.63) is 47.2 Å². The van der Waals surface area contributed by atoms with Gasteiger partial charge in [0, 0.05) is 19.3 Å². The predicted molar refractivity (Wildman–Crippen MR) is 62.2 cm³/mol. The lowest BCUT2D eigenvalue weighted by Gasteiger charge is -2.19. The van der Waals surface area contributed by atoms with E-state index in [1.165, 1.54) is 16.7 Å². The minimum absolute atomic E-state index is 0.942. The van der Waals surface area contributed by atoms with Gasteiger partial charge in [0.1, 0.15) is 0 Å². The first kappa shape index (κ1) is 10.8. The Morgan fingerprint density at radius 3 is 2.14 bits per heavy atom. The van der Waals surface area contributed by atoms with E-state index in [0.717, 1.165) is 12.2 Å². The molecule has 0 amide bonds. The molecule has 76 valence electrons. The van der Waals surface area contributed by atoms with Crippen LogP contribution in [0.2, 0.25) is 0 Å². The van der Waals surface area contributed by atoms with Crippen molar-refractivity contribution in [2.24, 2.45) is 0 Å². The molecular weight excluding hydrogens is 170 g/mol. The zero-order valence-electron chi connectivity index (χ0n) is 9.59. The predicted octanol–water partition coefficient (Wildman–Crippen LogP) is 3.27. The highest BCUT2D eigenvalue weighted by molar-refractivity contribution is 5.28. The van der Waals surface area contributed by atoms with E-state index in [1.807, 2.05) is 6.92 Å². The minimum Gasteiger partial charge on any atom is -0.374 e. The lowest BCUT2D eigenvalue weighted by molar-refractivity contribution is 0.414. The van der Waals surface area contributed by atoms with Gasteiger partial charge in [0.25, 0.3) is 0 Å². The van der Waals surface area contributed by atoms with E-state index in [0.29, 0.717) is 0 Å². The van der Waals surface area contributed by atoms with Gasteiger partial charge in [-0.25, -0.2) is 0 Å². The molecule has 0 saturated heterocycles. The lowest BCUT2D eigenvalue weighted by Crippen LogP contribution is -2.14. The maximum absolute atomic E-state index is 3.92. The quantitative estimate of drug-likeness (QED) is 0.705. The van der Waals surface area contributed by atoms with Gasteiger partial charge in [-0.1, -0.05) is 35.9 Å². The Balaban J connectivity index is 2.81. The van der Waals surface area contributed by atoms with Crippen molar-refractivity contribution in [3.63, 3.8) is 0 Å². The average molecular weight is 189 g/mol. The molecule has 1 heteroatoms. The van der Waals surface area contributed by atoms with E-state index >= 15 is 0 Å². The van der Waals surface area contributed by atoms with Gasteiger partial charge in [-0.2, -0.15) is 0 Å². The summed E-state index contributed by atoms with van der Waals surface area (Å²) in [5, 5.41) is 0. The molecule has 0 atom stereocenters. The van der Waals surface area contributed by atoms with Crippen molar-refractivity contribution < 1.29 is 0 Å². The Labute approximate surface area is 87.1 Å². The SMILES string of the molecule is C=C(C)N(C)Cc1cc(C)cc(C)c1. The fourth-order valence-corrected chi connectivity index (χ4v) is 1.57. The second kappa shape index (κ2) is 4.32. The summed E-state index contributed by atoms with van der Waals surface area (Å²) in [6, 6.07) is 6.66. The van der Waals surface area contributed by atoms with Crippen LogP contribution in [0.5, 0.6) is 0 Å².